The number of benzene rings is 2. The van der Waals surface area contributed by atoms with Crippen LogP contribution < -0.4 is 5.32 Å². The van der Waals surface area contributed by atoms with Gasteiger partial charge in [-0.05, 0) is 56.0 Å². The zero-order valence-corrected chi connectivity index (χ0v) is 16.4. The van der Waals surface area contributed by atoms with Crippen molar-refractivity contribution in [3.63, 3.8) is 0 Å². The van der Waals surface area contributed by atoms with Gasteiger partial charge in [-0.1, -0.05) is 36.8 Å². The predicted molar refractivity (Wildman–Crippen MR) is 106 cm³/mol. The summed E-state index contributed by atoms with van der Waals surface area (Å²) < 4.78 is 27.2. The van der Waals surface area contributed by atoms with Crippen LogP contribution in [-0.2, 0) is 16.4 Å². The highest BCUT2D eigenvalue weighted by atomic mass is 32.2. The molecule has 0 aromatic heterocycles. The summed E-state index contributed by atoms with van der Waals surface area (Å²) in [7, 11) is -3.51. The van der Waals surface area contributed by atoms with Gasteiger partial charge in [0, 0.05) is 24.7 Å². The van der Waals surface area contributed by atoms with E-state index in [0.717, 1.165) is 31.2 Å². The summed E-state index contributed by atoms with van der Waals surface area (Å²) in [6, 6.07) is 16.2. The molecular formula is C21H26N2O3S. The topological polar surface area (TPSA) is 66.5 Å². The molecule has 1 amide bonds. The van der Waals surface area contributed by atoms with Gasteiger partial charge in [0.15, 0.2) is 0 Å². The lowest BCUT2D eigenvalue weighted by Gasteiger charge is -2.32. The molecule has 27 heavy (non-hydrogen) atoms. The summed E-state index contributed by atoms with van der Waals surface area (Å²) in [5.74, 6) is -0.193. The summed E-state index contributed by atoms with van der Waals surface area (Å²) >= 11 is 0. The maximum atomic E-state index is 12.8. The zero-order chi connectivity index (χ0) is 19.3. The Labute approximate surface area is 161 Å². The number of amides is 1. The first-order valence-corrected chi connectivity index (χ1v) is 10.9. The Morgan fingerprint density at radius 2 is 1.78 bits per heavy atom. The minimum absolute atomic E-state index is 0.0183. The quantitative estimate of drug-likeness (QED) is 0.829. The van der Waals surface area contributed by atoms with Crippen LogP contribution in [-0.4, -0.2) is 37.8 Å². The molecule has 0 bridgehead atoms. The van der Waals surface area contributed by atoms with Gasteiger partial charge >= 0.3 is 0 Å². The molecule has 144 valence electrons. The summed E-state index contributed by atoms with van der Waals surface area (Å²) in [5.41, 5.74) is 1.63. The molecule has 5 nitrogen and oxygen atoms in total. The van der Waals surface area contributed by atoms with Crippen molar-refractivity contribution in [1.29, 1.82) is 0 Å². The van der Waals surface area contributed by atoms with E-state index in [1.54, 1.807) is 16.4 Å². The molecule has 0 radical (unpaired) electrons. The van der Waals surface area contributed by atoms with Gasteiger partial charge in [-0.25, -0.2) is 8.42 Å². The van der Waals surface area contributed by atoms with Crippen molar-refractivity contribution in [2.45, 2.75) is 43.5 Å². The first-order valence-electron chi connectivity index (χ1n) is 9.42. The predicted octanol–water partition coefficient (Wildman–Crippen LogP) is 3.22. The number of carbonyl (C=O) groups excluding carboxylic acids is 1. The van der Waals surface area contributed by atoms with Gasteiger partial charge in [0.1, 0.15) is 0 Å². The van der Waals surface area contributed by atoms with E-state index >= 15 is 0 Å². The van der Waals surface area contributed by atoms with Gasteiger partial charge in [-0.15, -0.1) is 0 Å². The van der Waals surface area contributed by atoms with E-state index in [9.17, 15) is 13.2 Å². The standard InChI is InChI=1S/C21H26N2O3S/c1-17-7-5-6-16-23(17)27(25,26)20-12-10-19(11-13-20)21(24)22-15-14-18-8-3-2-4-9-18/h2-4,8-13,17H,5-7,14-16H2,1H3,(H,22,24)/t17-/m0/s1. The molecule has 2 aromatic rings. The fourth-order valence-corrected chi connectivity index (χ4v) is 5.11. The minimum Gasteiger partial charge on any atom is -0.352 e. The molecule has 0 spiro atoms. The van der Waals surface area contributed by atoms with E-state index in [1.807, 2.05) is 37.3 Å². The average molecular weight is 387 g/mol. The number of nitrogens with one attached hydrogen (secondary N) is 1. The lowest BCUT2D eigenvalue weighted by atomic mass is 10.1. The Morgan fingerprint density at radius 1 is 1.07 bits per heavy atom. The highest BCUT2D eigenvalue weighted by molar-refractivity contribution is 7.89. The maximum absolute atomic E-state index is 12.8. The lowest BCUT2D eigenvalue weighted by molar-refractivity contribution is 0.0954. The van der Waals surface area contributed by atoms with E-state index in [2.05, 4.69) is 5.32 Å². The zero-order valence-electron chi connectivity index (χ0n) is 15.6. The van der Waals surface area contributed by atoms with Crippen molar-refractivity contribution in [1.82, 2.24) is 9.62 Å². The number of sulfonamides is 1. The van der Waals surface area contributed by atoms with Crippen LogP contribution in [0, 0.1) is 0 Å². The molecule has 1 atom stereocenters. The van der Waals surface area contributed by atoms with Crippen molar-refractivity contribution >= 4 is 15.9 Å². The number of hydrogen-bond donors (Lipinski definition) is 1. The lowest BCUT2D eigenvalue weighted by Crippen LogP contribution is -2.41. The van der Waals surface area contributed by atoms with Gasteiger partial charge in [-0.2, -0.15) is 4.31 Å². The van der Waals surface area contributed by atoms with Gasteiger partial charge in [0.25, 0.3) is 5.91 Å². The monoisotopic (exact) mass is 386 g/mol. The Kier molecular flexibility index (Phi) is 6.29. The smallest absolute Gasteiger partial charge is 0.251 e. The maximum Gasteiger partial charge on any atom is 0.251 e. The number of carbonyl (C=O) groups is 1. The Morgan fingerprint density at radius 3 is 2.44 bits per heavy atom. The molecule has 1 aliphatic heterocycles. The van der Waals surface area contributed by atoms with Crippen LogP contribution in [0.2, 0.25) is 0 Å². The molecule has 2 aromatic carbocycles. The Hall–Kier alpha value is -2.18. The molecule has 1 aliphatic rings. The van der Waals surface area contributed by atoms with Crippen molar-refractivity contribution in [3.05, 3.63) is 65.7 Å². The normalized spacial score (nSPS) is 18.2. The highest BCUT2D eigenvalue weighted by Crippen LogP contribution is 2.25. The molecular weight excluding hydrogens is 360 g/mol. The van der Waals surface area contributed by atoms with Gasteiger partial charge in [0.05, 0.1) is 4.90 Å². The van der Waals surface area contributed by atoms with Crippen LogP contribution in [0.5, 0.6) is 0 Å². The fraction of sp³-hybridized carbons (Fsp3) is 0.381. The average Bonchev–Trinajstić information content (AvgIpc) is 2.69. The van der Waals surface area contributed by atoms with E-state index in [1.165, 1.54) is 12.1 Å². The number of rotatable bonds is 6. The van der Waals surface area contributed by atoms with E-state index < -0.39 is 10.0 Å². The summed E-state index contributed by atoms with van der Waals surface area (Å²) in [6.07, 6.45) is 3.60. The van der Waals surface area contributed by atoms with Crippen molar-refractivity contribution < 1.29 is 13.2 Å². The molecule has 0 aliphatic carbocycles. The van der Waals surface area contributed by atoms with Gasteiger partial charge in [0.2, 0.25) is 10.0 Å². The second-order valence-electron chi connectivity index (χ2n) is 6.98. The van der Waals surface area contributed by atoms with Crippen molar-refractivity contribution in [2.75, 3.05) is 13.1 Å². The summed E-state index contributed by atoms with van der Waals surface area (Å²) in [4.78, 5) is 12.5. The molecule has 0 unspecified atom stereocenters. The summed E-state index contributed by atoms with van der Waals surface area (Å²) in [6.45, 7) is 3.05. The van der Waals surface area contributed by atoms with Crippen LogP contribution in [0.3, 0.4) is 0 Å². The number of piperidine rings is 1. The molecule has 6 heteroatoms. The van der Waals surface area contributed by atoms with E-state index in [0.29, 0.717) is 18.7 Å². The molecule has 1 fully saturated rings. The molecule has 1 saturated heterocycles. The SMILES string of the molecule is C[C@H]1CCCCN1S(=O)(=O)c1ccc(C(=O)NCCc2ccccc2)cc1. The highest BCUT2D eigenvalue weighted by Gasteiger charge is 2.30. The molecule has 3 rings (SSSR count). The van der Waals surface area contributed by atoms with Crippen LogP contribution >= 0.6 is 0 Å². The van der Waals surface area contributed by atoms with Crippen LogP contribution in [0.4, 0.5) is 0 Å². The molecule has 0 saturated carbocycles. The first-order chi connectivity index (χ1) is 13.0. The number of hydrogen-bond acceptors (Lipinski definition) is 3. The number of nitrogens with zero attached hydrogens (tertiary/aromatic N) is 1. The van der Waals surface area contributed by atoms with Crippen LogP contribution in [0.15, 0.2) is 59.5 Å². The second-order valence-corrected chi connectivity index (χ2v) is 8.87. The minimum atomic E-state index is -3.51. The first kappa shape index (κ1) is 19.6. The van der Waals surface area contributed by atoms with E-state index in [-0.39, 0.29) is 16.8 Å². The third-order valence-electron chi connectivity index (χ3n) is 5.01. The molecule has 1 heterocycles. The Balaban J connectivity index is 1.61. The van der Waals surface area contributed by atoms with Crippen LogP contribution in [0.1, 0.15) is 42.1 Å². The van der Waals surface area contributed by atoms with Gasteiger partial charge < -0.3 is 5.32 Å². The third kappa shape index (κ3) is 4.76. The third-order valence-corrected chi connectivity index (χ3v) is 7.03. The fourth-order valence-electron chi connectivity index (χ4n) is 3.41. The van der Waals surface area contributed by atoms with Crippen molar-refractivity contribution in [3.8, 4) is 0 Å². The second kappa shape index (κ2) is 8.67. The summed E-state index contributed by atoms with van der Waals surface area (Å²) in [5, 5.41) is 2.88. The van der Waals surface area contributed by atoms with Crippen LogP contribution in [0.25, 0.3) is 0 Å². The Bertz CT molecular complexity index is 864. The molecule has 1 N–H and O–H groups in total. The van der Waals surface area contributed by atoms with Gasteiger partial charge in [-0.3, -0.25) is 4.79 Å². The largest absolute Gasteiger partial charge is 0.352 e. The van der Waals surface area contributed by atoms with Crippen molar-refractivity contribution in [2.24, 2.45) is 0 Å². The van der Waals surface area contributed by atoms with E-state index in [4.69, 9.17) is 0 Å².